The standard InChI is InChI=1S/C29H30FN5O4S/c30-20-15-19(16-32-17-20)28-33-25(23-7-3-4-8-24(23)35-11-13-40(37,38)14-12-35)26(39-28)21-5-1-2-6-22(21)27(36)34-29(18-31)9-10-29/h3-4,7-8,15-17,21-22H,1-2,5-6,9-14H2,(H,34,36)/t21-,22-/m1/s1. The number of pyridine rings is 1. The third kappa shape index (κ3) is 5.20. The van der Waals surface area contributed by atoms with Crippen LogP contribution in [0, 0.1) is 23.1 Å². The molecule has 2 aromatic heterocycles. The first kappa shape index (κ1) is 26.4. The van der Waals surface area contributed by atoms with E-state index in [1.807, 2.05) is 29.2 Å². The normalized spacial score (nSPS) is 23.2. The van der Waals surface area contributed by atoms with Crippen LogP contribution in [-0.4, -0.2) is 54.4 Å². The third-order valence-electron chi connectivity index (χ3n) is 8.22. The fraction of sp³-hybridized carbons (Fsp3) is 0.448. The van der Waals surface area contributed by atoms with Crippen LogP contribution in [0.2, 0.25) is 0 Å². The third-order valence-corrected chi connectivity index (χ3v) is 9.82. The second-order valence-corrected chi connectivity index (χ2v) is 13.3. The van der Waals surface area contributed by atoms with E-state index in [2.05, 4.69) is 16.4 Å². The minimum atomic E-state index is -3.08. The molecule has 2 saturated carbocycles. The molecule has 2 atom stereocenters. The van der Waals surface area contributed by atoms with E-state index in [4.69, 9.17) is 9.40 Å². The smallest absolute Gasteiger partial charge is 0.228 e. The van der Waals surface area contributed by atoms with Crippen LogP contribution in [0.15, 0.2) is 47.1 Å². The summed E-state index contributed by atoms with van der Waals surface area (Å²) in [6.07, 6.45) is 7.03. The number of nitriles is 1. The lowest BCUT2D eigenvalue weighted by Gasteiger charge is -2.32. The Balaban J connectivity index is 1.44. The van der Waals surface area contributed by atoms with Crippen molar-refractivity contribution in [3.8, 4) is 28.8 Å². The lowest BCUT2D eigenvalue weighted by molar-refractivity contribution is -0.127. The lowest BCUT2D eigenvalue weighted by atomic mass is 9.76. The van der Waals surface area contributed by atoms with Gasteiger partial charge >= 0.3 is 0 Å². The van der Waals surface area contributed by atoms with Crippen LogP contribution in [-0.2, 0) is 14.6 Å². The number of benzene rings is 1. The molecule has 0 unspecified atom stereocenters. The van der Waals surface area contributed by atoms with Crippen molar-refractivity contribution in [1.82, 2.24) is 15.3 Å². The molecule has 1 amide bonds. The van der Waals surface area contributed by atoms with Crippen molar-refractivity contribution in [3.63, 3.8) is 0 Å². The highest BCUT2D eigenvalue weighted by Crippen LogP contribution is 2.46. The van der Waals surface area contributed by atoms with Gasteiger partial charge in [0.25, 0.3) is 0 Å². The molecule has 0 bridgehead atoms. The molecule has 40 heavy (non-hydrogen) atoms. The van der Waals surface area contributed by atoms with Crippen molar-refractivity contribution in [3.05, 3.63) is 54.3 Å². The van der Waals surface area contributed by atoms with E-state index < -0.39 is 27.1 Å². The molecule has 1 saturated heterocycles. The molecular formula is C29H30FN5O4S. The molecule has 11 heteroatoms. The van der Waals surface area contributed by atoms with Crippen molar-refractivity contribution in [2.45, 2.75) is 50.0 Å². The van der Waals surface area contributed by atoms with Crippen LogP contribution in [0.5, 0.6) is 0 Å². The SMILES string of the molecule is N#CC1(NC(=O)[C@@H]2CCCC[C@H]2c2oc(-c3cncc(F)c3)nc2-c2ccccc2N2CCS(=O)(=O)CC2)CC1. The molecule has 1 N–H and O–H groups in total. The Kier molecular flexibility index (Phi) is 6.82. The summed E-state index contributed by atoms with van der Waals surface area (Å²) < 4.78 is 44.7. The van der Waals surface area contributed by atoms with Gasteiger partial charge in [0.05, 0.1) is 29.3 Å². The first-order valence-corrected chi connectivity index (χ1v) is 15.5. The zero-order valence-corrected chi connectivity index (χ0v) is 22.8. The summed E-state index contributed by atoms with van der Waals surface area (Å²) in [5.74, 6) is -0.499. The van der Waals surface area contributed by atoms with Crippen molar-refractivity contribution in [2.24, 2.45) is 5.92 Å². The first-order chi connectivity index (χ1) is 19.3. The summed E-state index contributed by atoms with van der Waals surface area (Å²) in [6.45, 7) is 0.718. The number of nitrogens with zero attached hydrogens (tertiary/aromatic N) is 4. The van der Waals surface area contributed by atoms with E-state index in [9.17, 15) is 22.9 Å². The molecule has 1 aliphatic heterocycles. The van der Waals surface area contributed by atoms with Crippen LogP contribution in [0.3, 0.4) is 0 Å². The summed E-state index contributed by atoms with van der Waals surface area (Å²) in [7, 11) is -3.08. The van der Waals surface area contributed by atoms with Gasteiger partial charge in [-0.05, 0) is 37.8 Å². The summed E-state index contributed by atoms with van der Waals surface area (Å²) in [5, 5.41) is 12.5. The minimum absolute atomic E-state index is 0.0682. The summed E-state index contributed by atoms with van der Waals surface area (Å²) in [4.78, 5) is 24.3. The molecular weight excluding hydrogens is 533 g/mol. The van der Waals surface area contributed by atoms with Crippen molar-refractivity contribution in [2.75, 3.05) is 29.5 Å². The number of halogens is 1. The molecule has 3 aliphatic rings. The summed E-state index contributed by atoms with van der Waals surface area (Å²) >= 11 is 0. The molecule has 2 aliphatic carbocycles. The van der Waals surface area contributed by atoms with Gasteiger partial charge in [-0.1, -0.05) is 31.0 Å². The predicted octanol–water partition coefficient (Wildman–Crippen LogP) is 4.22. The fourth-order valence-electron chi connectivity index (χ4n) is 5.81. The van der Waals surface area contributed by atoms with Gasteiger partial charge in [0.1, 0.15) is 22.8 Å². The van der Waals surface area contributed by atoms with Gasteiger partial charge in [0, 0.05) is 42.4 Å². The maximum atomic E-state index is 14.1. The van der Waals surface area contributed by atoms with E-state index >= 15 is 0 Å². The monoisotopic (exact) mass is 563 g/mol. The second kappa shape index (κ2) is 10.3. The van der Waals surface area contributed by atoms with E-state index in [1.165, 1.54) is 12.3 Å². The largest absolute Gasteiger partial charge is 0.440 e. The number of carbonyl (C=O) groups is 1. The minimum Gasteiger partial charge on any atom is -0.440 e. The summed E-state index contributed by atoms with van der Waals surface area (Å²) in [6, 6.07) is 11.2. The van der Waals surface area contributed by atoms with E-state index in [0.717, 1.165) is 30.3 Å². The number of carbonyl (C=O) groups excluding carboxylic acids is 1. The Morgan fingerprint density at radius 2 is 1.90 bits per heavy atom. The van der Waals surface area contributed by atoms with Gasteiger partial charge in [-0.15, -0.1) is 0 Å². The second-order valence-electron chi connectivity index (χ2n) is 11.0. The van der Waals surface area contributed by atoms with Gasteiger partial charge in [-0.25, -0.2) is 17.8 Å². The maximum absolute atomic E-state index is 14.1. The van der Waals surface area contributed by atoms with Crippen LogP contribution in [0.1, 0.15) is 50.2 Å². The molecule has 0 radical (unpaired) electrons. The number of aromatic nitrogens is 2. The van der Waals surface area contributed by atoms with E-state index in [0.29, 0.717) is 55.8 Å². The van der Waals surface area contributed by atoms with Gasteiger partial charge in [-0.3, -0.25) is 9.78 Å². The van der Waals surface area contributed by atoms with E-state index in [-0.39, 0.29) is 29.2 Å². The molecule has 3 aromatic rings. The van der Waals surface area contributed by atoms with Gasteiger partial charge in [0.15, 0.2) is 9.84 Å². The average molecular weight is 564 g/mol. The van der Waals surface area contributed by atoms with Gasteiger partial charge in [-0.2, -0.15) is 5.26 Å². The highest BCUT2D eigenvalue weighted by molar-refractivity contribution is 7.91. The molecule has 3 fully saturated rings. The molecule has 3 heterocycles. The molecule has 0 spiro atoms. The number of amides is 1. The number of oxazole rings is 1. The van der Waals surface area contributed by atoms with Crippen LogP contribution >= 0.6 is 0 Å². The highest BCUT2D eigenvalue weighted by Gasteiger charge is 2.47. The first-order valence-electron chi connectivity index (χ1n) is 13.7. The van der Waals surface area contributed by atoms with Crippen molar-refractivity contribution >= 4 is 21.4 Å². The number of hydrogen-bond donors (Lipinski definition) is 1. The molecule has 208 valence electrons. The van der Waals surface area contributed by atoms with Crippen molar-refractivity contribution in [1.29, 1.82) is 5.26 Å². The zero-order chi connectivity index (χ0) is 27.9. The number of para-hydroxylation sites is 1. The quantitative estimate of drug-likeness (QED) is 0.472. The number of anilines is 1. The topological polar surface area (TPSA) is 129 Å². The Hall–Kier alpha value is -3.78. The Labute approximate surface area is 232 Å². The molecule has 1 aromatic carbocycles. The number of rotatable bonds is 6. The van der Waals surface area contributed by atoms with Crippen LogP contribution in [0.25, 0.3) is 22.7 Å². The predicted molar refractivity (Wildman–Crippen MR) is 146 cm³/mol. The number of hydrogen-bond acceptors (Lipinski definition) is 8. The Morgan fingerprint density at radius 1 is 1.15 bits per heavy atom. The summed E-state index contributed by atoms with van der Waals surface area (Å²) in [5.41, 5.74) is 1.75. The van der Waals surface area contributed by atoms with Gasteiger partial charge in [0.2, 0.25) is 11.8 Å². The van der Waals surface area contributed by atoms with E-state index in [1.54, 1.807) is 0 Å². The van der Waals surface area contributed by atoms with Crippen LogP contribution < -0.4 is 10.2 Å². The van der Waals surface area contributed by atoms with Crippen molar-refractivity contribution < 1.29 is 22.0 Å². The lowest BCUT2D eigenvalue weighted by Crippen LogP contribution is -2.42. The average Bonchev–Trinajstić information content (AvgIpc) is 3.59. The molecule has 9 nitrogen and oxygen atoms in total. The number of sulfone groups is 1. The van der Waals surface area contributed by atoms with Crippen LogP contribution in [0.4, 0.5) is 10.1 Å². The maximum Gasteiger partial charge on any atom is 0.228 e. The highest BCUT2D eigenvalue weighted by atomic mass is 32.2. The fourth-order valence-corrected chi connectivity index (χ4v) is 7.01. The Morgan fingerprint density at radius 3 is 2.62 bits per heavy atom. The Bertz CT molecular complexity index is 1580. The zero-order valence-electron chi connectivity index (χ0n) is 22.0. The molecule has 6 rings (SSSR count). The van der Waals surface area contributed by atoms with Gasteiger partial charge < -0.3 is 14.6 Å². The number of nitrogens with one attached hydrogen (secondary N) is 1.